The Labute approximate surface area is 181 Å². The van der Waals surface area contributed by atoms with Crippen LogP contribution in [-0.2, 0) is 19.1 Å². The van der Waals surface area contributed by atoms with Crippen LogP contribution < -0.4 is 4.90 Å². The number of carbonyl (C=O) groups excluding carboxylic acids is 3. The summed E-state index contributed by atoms with van der Waals surface area (Å²) in [5.74, 6) is -1.17. The standard InChI is InChI=1S/C23H28N2O4S/c1-4-24(5-2)21(27)15-29-23(28)18-12-13-20(26)25(17-10-8-16(3)9-11-17)22(18)19-7-6-14-30-19/h6-11,14,18,22H,4-5,12-13,15H2,1-3H3. The lowest BCUT2D eigenvalue weighted by molar-refractivity contribution is -0.157. The molecular weight excluding hydrogens is 400 g/mol. The molecule has 7 heteroatoms. The Morgan fingerprint density at radius 2 is 1.87 bits per heavy atom. The monoisotopic (exact) mass is 428 g/mol. The van der Waals surface area contributed by atoms with Gasteiger partial charge in [-0.3, -0.25) is 14.4 Å². The summed E-state index contributed by atoms with van der Waals surface area (Å²) in [4.78, 5) is 42.5. The molecule has 2 unspecified atom stereocenters. The van der Waals surface area contributed by atoms with E-state index in [0.29, 0.717) is 19.5 Å². The molecule has 1 fully saturated rings. The van der Waals surface area contributed by atoms with Crippen molar-refractivity contribution < 1.29 is 19.1 Å². The molecule has 1 aromatic heterocycles. The van der Waals surface area contributed by atoms with Crippen molar-refractivity contribution in [3.8, 4) is 0 Å². The Morgan fingerprint density at radius 3 is 2.47 bits per heavy atom. The van der Waals surface area contributed by atoms with Crippen molar-refractivity contribution >= 4 is 34.8 Å². The van der Waals surface area contributed by atoms with Crippen molar-refractivity contribution in [2.45, 2.75) is 39.7 Å². The van der Waals surface area contributed by atoms with Gasteiger partial charge in [0.05, 0.1) is 12.0 Å². The fraction of sp³-hybridized carbons (Fsp3) is 0.435. The number of nitrogens with zero attached hydrogens (tertiary/aromatic N) is 2. The van der Waals surface area contributed by atoms with Gasteiger partial charge in [0.15, 0.2) is 6.61 Å². The molecule has 1 aliphatic heterocycles. The van der Waals surface area contributed by atoms with Crippen LogP contribution in [-0.4, -0.2) is 42.4 Å². The van der Waals surface area contributed by atoms with E-state index in [0.717, 1.165) is 16.1 Å². The molecule has 3 rings (SSSR count). The van der Waals surface area contributed by atoms with Crippen LogP contribution in [0.15, 0.2) is 41.8 Å². The highest BCUT2D eigenvalue weighted by atomic mass is 32.1. The SMILES string of the molecule is CCN(CC)C(=O)COC(=O)C1CCC(=O)N(c2ccc(C)cc2)C1c1cccs1. The highest BCUT2D eigenvalue weighted by molar-refractivity contribution is 7.10. The fourth-order valence-corrected chi connectivity index (χ4v) is 4.72. The van der Waals surface area contributed by atoms with Crippen molar-refractivity contribution in [3.05, 3.63) is 52.2 Å². The van der Waals surface area contributed by atoms with Crippen molar-refractivity contribution in [1.82, 2.24) is 4.90 Å². The quantitative estimate of drug-likeness (QED) is 0.626. The van der Waals surface area contributed by atoms with E-state index in [2.05, 4.69) is 0 Å². The molecule has 160 valence electrons. The second-order valence-corrected chi connectivity index (χ2v) is 8.36. The number of aryl methyl sites for hydroxylation is 1. The minimum Gasteiger partial charge on any atom is -0.455 e. The first kappa shape index (κ1) is 22.0. The van der Waals surface area contributed by atoms with E-state index in [9.17, 15) is 14.4 Å². The molecule has 30 heavy (non-hydrogen) atoms. The number of hydrogen-bond donors (Lipinski definition) is 0. The lowest BCUT2D eigenvalue weighted by Gasteiger charge is -2.39. The minimum absolute atomic E-state index is 0.0134. The summed E-state index contributed by atoms with van der Waals surface area (Å²) in [6.45, 7) is 6.65. The first-order valence-corrected chi connectivity index (χ1v) is 11.2. The summed E-state index contributed by atoms with van der Waals surface area (Å²) in [5.41, 5.74) is 1.86. The topological polar surface area (TPSA) is 66.9 Å². The first-order chi connectivity index (χ1) is 14.5. The van der Waals surface area contributed by atoms with Gasteiger partial charge in [0, 0.05) is 30.1 Å². The van der Waals surface area contributed by atoms with Gasteiger partial charge in [-0.05, 0) is 50.8 Å². The average Bonchev–Trinajstić information content (AvgIpc) is 3.28. The van der Waals surface area contributed by atoms with Gasteiger partial charge >= 0.3 is 5.97 Å². The maximum absolute atomic E-state index is 13.0. The van der Waals surface area contributed by atoms with Gasteiger partial charge in [-0.2, -0.15) is 0 Å². The summed E-state index contributed by atoms with van der Waals surface area (Å²) in [6, 6.07) is 11.1. The molecule has 2 atom stereocenters. The number of esters is 1. The molecule has 0 N–H and O–H groups in total. The molecular formula is C23H28N2O4S. The highest BCUT2D eigenvalue weighted by Gasteiger charge is 2.43. The number of anilines is 1. The van der Waals surface area contributed by atoms with Crippen LogP contribution in [0, 0.1) is 12.8 Å². The van der Waals surface area contributed by atoms with Gasteiger partial charge < -0.3 is 14.5 Å². The molecule has 0 bridgehead atoms. The molecule has 6 nitrogen and oxygen atoms in total. The van der Waals surface area contributed by atoms with Crippen LogP contribution in [0.2, 0.25) is 0 Å². The number of amides is 2. The Balaban J connectivity index is 1.85. The van der Waals surface area contributed by atoms with E-state index >= 15 is 0 Å². The fourth-order valence-electron chi connectivity index (χ4n) is 3.84. The zero-order valence-corrected chi connectivity index (χ0v) is 18.5. The maximum Gasteiger partial charge on any atom is 0.311 e. The molecule has 1 saturated heterocycles. The lowest BCUT2D eigenvalue weighted by atomic mass is 9.87. The van der Waals surface area contributed by atoms with Gasteiger partial charge in [0.25, 0.3) is 5.91 Å². The molecule has 1 aromatic carbocycles. The number of rotatable bonds is 7. The maximum atomic E-state index is 13.0. The predicted octanol–water partition coefficient (Wildman–Crippen LogP) is 3.95. The summed E-state index contributed by atoms with van der Waals surface area (Å²) >= 11 is 1.51. The number of piperidine rings is 1. The Kier molecular flexibility index (Phi) is 7.26. The van der Waals surface area contributed by atoms with Crippen molar-refractivity contribution in [2.75, 3.05) is 24.6 Å². The Morgan fingerprint density at radius 1 is 1.17 bits per heavy atom. The van der Waals surface area contributed by atoms with E-state index in [1.165, 1.54) is 11.3 Å². The van der Waals surface area contributed by atoms with Gasteiger partial charge in [0.2, 0.25) is 5.91 Å². The van der Waals surface area contributed by atoms with E-state index in [-0.39, 0.29) is 24.8 Å². The number of ether oxygens (including phenoxy) is 1. The number of carbonyl (C=O) groups is 3. The van der Waals surface area contributed by atoms with Gasteiger partial charge in [-0.15, -0.1) is 11.3 Å². The largest absolute Gasteiger partial charge is 0.455 e. The zero-order chi connectivity index (χ0) is 21.7. The zero-order valence-electron chi connectivity index (χ0n) is 17.7. The second-order valence-electron chi connectivity index (χ2n) is 7.38. The van der Waals surface area contributed by atoms with E-state index in [4.69, 9.17) is 4.74 Å². The lowest BCUT2D eigenvalue weighted by Crippen LogP contribution is -2.46. The van der Waals surface area contributed by atoms with Crippen LogP contribution in [0.5, 0.6) is 0 Å². The third-order valence-corrected chi connectivity index (χ3v) is 6.44. The first-order valence-electron chi connectivity index (χ1n) is 10.3. The molecule has 1 aliphatic rings. The normalized spacial score (nSPS) is 18.9. The van der Waals surface area contributed by atoms with E-state index in [1.54, 1.807) is 9.80 Å². The van der Waals surface area contributed by atoms with Crippen molar-refractivity contribution in [3.63, 3.8) is 0 Å². The Hall–Kier alpha value is -2.67. The molecule has 0 aliphatic carbocycles. The van der Waals surface area contributed by atoms with E-state index in [1.807, 2.05) is 62.5 Å². The van der Waals surface area contributed by atoms with Gasteiger partial charge in [-0.25, -0.2) is 0 Å². The summed E-state index contributed by atoms with van der Waals surface area (Å²) < 4.78 is 5.43. The van der Waals surface area contributed by atoms with Crippen molar-refractivity contribution in [2.24, 2.45) is 5.92 Å². The molecule has 0 saturated carbocycles. The van der Waals surface area contributed by atoms with Gasteiger partial charge in [-0.1, -0.05) is 23.8 Å². The van der Waals surface area contributed by atoms with Crippen LogP contribution >= 0.6 is 11.3 Å². The molecule has 2 aromatic rings. The average molecular weight is 429 g/mol. The molecule has 2 heterocycles. The smallest absolute Gasteiger partial charge is 0.311 e. The van der Waals surface area contributed by atoms with Crippen molar-refractivity contribution in [1.29, 1.82) is 0 Å². The predicted molar refractivity (Wildman–Crippen MR) is 117 cm³/mol. The van der Waals surface area contributed by atoms with Crippen LogP contribution in [0.25, 0.3) is 0 Å². The number of hydrogen-bond acceptors (Lipinski definition) is 5. The number of benzene rings is 1. The summed E-state index contributed by atoms with van der Waals surface area (Å²) in [7, 11) is 0. The van der Waals surface area contributed by atoms with Crippen LogP contribution in [0.1, 0.15) is 43.2 Å². The second kappa shape index (κ2) is 9.89. The summed E-state index contributed by atoms with van der Waals surface area (Å²) in [6.07, 6.45) is 0.668. The minimum atomic E-state index is -0.521. The summed E-state index contributed by atoms with van der Waals surface area (Å²) in [5, 5.41) is 1.94. The third kappa shape index (κ3) is 4.73. The Bertz CT molecular complexity index is 875. The third-order valence-electron chi connectivity index (χ3n) is 5.50. The molecule has 0 spiro atoms. The van der Waals surface area contributed by atoms with Gasteiger partial charge in [0.1, 0.15) is 0 Å². The van der Waals surface area contributed by atoms with Crippen LogP contribution in [0.3, 0.4) is 0 Å². The highest BCUT2D eigenvalue weighted by Crippen LogP contribution is 2.42. The number of likely N-dealkylation sites (N-methyl/N-ethyl adjacent to an activating group) is 1. The van der Waals surface area contributed by atoms with E-state index < -0.39 is 17.9 Å². The molecule has 2 amide bonds. The van der Waals surface area contributed by atoms with Crippen LogP contribution in [0.4, 0.5) is 5.69 Å². The number of thiophene rings is 1. The molecule has 0 radical (unpaired) electrons.